The Kier molecular flexibility index (Phi) is 8.26. The summed E-state index contributed by atoms with van der Waals surface area (Å²) < 4.78 is 5.33. The Bertz CT molecular complexity index is 1190. The molecular weight excluding hydrogens is 506 g/mol. The van der Waals surface area contributed by atoms with Gasteiger partial charge in [-0.1, -0.05) is 23.7 Å². The first-order valence-corrected chi connectivity index (χ1v) is 13.7. The molecule has 0 bridgehead atoms. The second kappa shape index (κ2) is 11.8. The van der Waals surface area contributed by atoms with Gasteiger partial charge in [0.1, 0.15) is 11.9 Å². The van der Waals surface area contributed by atoms with Crippen LogP contribution in [0.1, 0.15) is 47.2 Å². The number of morpholine rings is 1. The maximum Gasteiger partial charge on any atom is 0.254 e. The molecule has 3 fully saturated rings. The number of ether oxygens (including phenoxy) is 1. The van der Waals surface area contributed by atoms with Gasteiger partial charge < -0.3 is 19.9 Å². The highest BCUT2D eigenvalue weighted by atomic mass is 35.5. The van der Waals surface area contributed by atoms with Gasteiger partial charge in [-0.05, 0) is 55.5 Å². The summed E-state index contributed by atoms with van der Waals surface area (Å²) >= 11 is 6.16. The number of pyridine rings is 1. The quantitative estimate of drug-likeness (QED) is 0.606. The number of aromatic nitrogens is 1. The maximum atomic E-state index is 13.3. The zero-order valence-electron chi connectivity index (χ0n) is 21.7. The van der Waals surface area contributed by atoms with Crippen LogP contribution < -0.4 is 5.32 Å². The third-order valence-corrected chi connectivity index (χ3v) is 8.12. The van der Waals surface area contributed by atoms with Gasteiger partial charge in [-0.2, -0.15) is 0 Å². The molecule has 0 saturated carbocycles. The number of likely N-dealkylation sites (tertiary alicyclic amines) is 2. The van der Waals surface area contributed by atoms with Crippen LogP contribution in [0.4, 0.5) is 5.82 Å². The van der Waals surface area contributed by atoms with Crippen molar-refractivity contribution in [2.24, 2.45) is 0 Å². The minimum atomic E-state index is -0.529. The number of nitrogens with zero attached hydrogens (tertiary/aromatic N) is 4. The number of halogens is 1. The van der Waals surface area contributed by atoms with E-state index in [1.165, 1.54) is 11.8 Å². The van der Waals surface area contributed by atoms with Crippen molar-refractivity contribution in [3.05, 3.63) is 58.2 Å². The summed E-state index contributed by atoms with van der Waals surface area (Å²) in [6.45, 7) is 6.69. The summed E-state index contributed by atoms with van der Waals surface area (Å²) in [5.74, 6) is -0.00889. The number of nitrogens with one attached hydrogen (secondary N) is 1. The zero-order valence-corrected chi connectivity index (χ0v) is 22.5. The van der Waals surface area contributed by atoms with Gasteiger partial charge in [0.15, 0.2) is 0 Å². The van der Waals surface area contributed by atoms with Gasteiger partial charge in [-0.15, -0.1) is 0 Å². The first-order chi connectivity index (χ1) is 18.4. The van der Waals surface area contributed by atoms with Crippen molar-refractivity contribution in [2.75, 3.05) is 44.7 Å². The molecule has 9 nitrogen and oxygen atoms in total. The van der Waals surface area contributed by atoms with E-state index < -0.39 is 6.04 Å². The van der Waals surface area contributed by atoms with Gasteiger partial charge in [-0.25, -0.2) is 4.98 Å². The summed E-state index contributed by atoms with van der Waals surface area (Å²) in [5.41, 5.74) is 2.77. The van der Waals surface area contributed by atoms with Gasteiger partial charge in [0.25, 0.3) is 5.91 Å². The molecule has 10 heteroatoms. The lowest BCUT2D eigenvalue weighted by Crippen LogP contribution is -2.51. The predicted octanol–water partition coefficient (Wildman–Crippen LogP) is 3.11. The van der Waals surface area contributed by atoms with E-state index in [1.54, 1.807) is 21.9 Å². The molecule has 1 aromatic carbocycles. The summed E-state index contributed by atoms with van der Waals surface area (Å²) in [4.78, 5) is 49.1. The lowest BCUT2D eigenvalue weighted by Gasteiger charge is -2.39. The molecule has 3 aliphatic rings. The highest BCUT2D eigenvalue weighted by Gasteiger charge is 2.41. The Balaban J connectivity index is 1.19. The summed E-state index contributed by atoms with van der Waals surface area (Å²) in [6, 6.07) is 8.88. The van der Waals surface area contributed by atoms with Crippen molar-refractivity contribution >= 4 is 35.1 Å². The van der Waals surface area contributed by atoms with Crippen LogP contribution in [0.3, 0.4) is 0 Å². The minimum Gasteiger partial charge on any atom is -0.378 e. The molecule has 38 heavy (non-hydrogen) atoms. The number of amides is 3. The maximum absolute atomic E-state index is 13.3. The largest absolute Gasteiger partial charge is 0.378 e. The van der Waals surface area contributed by atoms with E-state index in [0.717, 1.165) is 43.1 Å². The van der Waals surface area contributed by atoms with Gasteiger partial charge in [0.2, 0.25) is 11.8 Å². The Hall–Kier alpha value is -3.01. The van der Waals surface area contributed by atoms with E-state index in [9.17, 15) is 14.4 Å². The van der Waals surface area contributed by atoms with Crippen molar-refractivity contribution < 1.29 is 19.1 Å². The standard InChI is InChI=1S/C28H34ClN5O4/c1-19-16-20(2-3-23(19)29)18-32-10-7-22(8-11-32)34-24(4-5-26(34)35)27(36)31-25-17-21(6-9-30-25)28(37)33-12-14-38-15-13-33/h2-3,6,9,16-17,22,24H,4-5,7-8,10-15,18H2,1H3,(H,30,31,36). The third-order valence-electron chi connectivity index (χ3n) is 7.69. The molecule has 1 aromatic heterocycles. The molecule has 0 spiro atoms. The third kappa shape index (κ3) is 6.00. The molecule has 0 aliphatic carbocycles. The number of carbonyl (C=O) groups excluding carboxylic acids is 3. The molecule has 202 valence electrons. The van der Waals surface area contributed by atoms with Gasteiger partial charge >= 0.3 is 0 Å². The Morgan fingerprint density at radius 1 is 1.08 bits per heavy atom. The topological polar surface area (TPSA) is 95.1 Å². The summed E-state index contributed by atoms with van der Waals surface area (Å²) in [7, 11) is 0. The Morgan fingerprint density at radius 2 is 1.84 bits per heavy atom. The molecule has 1 atom stereocenters. The van der Waals surface area contributed by atoms with E-state index in [0.29, 0.717) is 50.5 Å². The van der Waals surface area contributed by atoms with E-state index in [-0.39, 0.29) is 23.8 Å². The molecule has 3 saturated heterocycles. The van der Waals surface area contributed by atoms with Crippen molar-refractivity contribution in [2.45, 2.75) is 51.2 Å². The number of hydrogen-bond acceptors (Lipinski definition) is 6. The van der Waals surface area contributed by atoms with Gasteiger partial charge in [0.05, 0.1) is 13.2 Å². The molecule has 4 heterocycles. The van der Waals surface area contributed by atoms with Crippen molar-refractivity contribution in [3.63, 3.8) is 0 Å². The number of benzene rings is 1. The number of aryl methyl sites for hydroxylation is 1. The lowest BCUT2D eigenvalue weighted by atomic mass is 10.0. The van der Waals surface area contributed by atoms with Crippen molar-refractivity contribution in [1.29, 1.82) is 0 Å². The second-order valence-corrected chi connectivity index (χ2v) is 10.7. The molecule has 3 aliphatic heterocycles. The fraction of sp³-hybridized carbons (Fsp3) is 0.500. The van der Waals surface area contributed by atoms with Crippen LogP contribution in [0, 0.1) is 6.92 Å². The first-order valence-electron chi connectivity index (χ1n) is 13.3. The van der Waals surface area contributed by atoms with Crippen LogP contribution in [0.5, 0.6) is 0 Å². The average molecular weight is 540 g/mol. The number of rotatable bonds is 6. The highest BCUT2D eigenvalue weighted by molar-refractivity contribution is 6.31. The highest BCUT2D eigenvalue weighted by Crippen LogP contribution is 2.29. The second-order valence-electron chi connectivity index (χ2n) is 10.3. The minimum absolute atomic E-state index is 0.0288. The van der Waals surface area contributed by atoms with Crippen LogP contribution in [0.15, 0.2) is 36.5 Å². The van der Waals surface area contributed by atoms with Gasteiger partial charge in [0, 0.05) is 62.0 Å². The number of piperidine rings is 1. The summed E-state index contributed by atoms with van der Waals surface area (Å²) in [6.07, 6.45) is 4.03. The van der Waals surface area contributed by atoms with E-state index in [1.807, 2.05) is 13.0 Å². The number of hydrogen-bond donors (Lipinski definition) is 1. The van der Waals surface area contributed by atoms with E-state index in [4.69, 9.17) is 16.3 Å². The SMILES string of the molecule is Cc1cc(CN2CCC(N3C(=O)CCC3C(=O)Nc3cc(C(=O)N4CCOCC4)ccn3)CC2)ccc1Cl. The smallest absolute Gasteiger partial charge is 0.254 e. The van der Waals surface area contributed by atoms with Crippen LogP contribution >= 0.6 is 11.6 Å². The molecule has 1 unspecified atom stereocenters. The van der Waals surface area contributed by atoms with Crippen molar-refractivity contribution in [1.82, 2.24) is 19.7 Å². The molecule has 1 N–H and O–H groups in total. The summed E-state index contributed by atoms with van der Waals surface area (Å²) in [5, 5.41) is 3.64. The predicted molar refractivity (Wildman–Crippen MR) is 144 cm³/mol. The van der Waals surface area contributed by atoms with Crippen LogP contribution in [0.25, 0.3) is 0 Å². The van der Waals surface area contributed by atoms with Crippen molar-refractivity contribution in [3.8, 4) is 0 Å². The normalized spacial score (nSPS) is 21.1. The van der Waals surface area contributed by atoms with Crippen LogP contribution in [0.2, 0.25) is 5.02 Å². The fourth-order valence-corrected chi connectivity index (χ4v) is 5.74. The van der Waals surface area contributed by atoms with Crippen LogP contribution in [-0.4, -0.2) is 88.9 Å². The monoisotopic (exact) mass is 539 g/mol. The van der Waals surface area contributed by atoms with Crippen LogP contribution in [-0.2, 0) is 20.9 Å². The molecule has 5 rings (SSSR count). The molecule has 0 radical (unpaired) electrons. The average Bonchev–Trinajstić information content (AvgIpc) is 3.33. The Morgan fingerprint density at radius 3 is 2.58 bits per heavy atom. The molecular formula is C28H34ClN5O4. The fourth-order valence-electron chi connectivity index (χ4n) is 5.63. The number of carbonyl (C=O) groups is 3. The van der Waals surface area contributed by atoms with E-state index in [2.05, 4.69) is 27.3 Å². The lowest BCUT2D eigenvalue weighted by molar-refractivity contribution is -0.136. The number of anilines is 1. The zero-order chi connectivity index (χ0) is 26.6. The van der Waals surface area contributed by atoms with Gasteiger partial charge in [-0.3, -0.25) is 19.3 Å². The Labute approximate surface area is 228 Å². The molecule has 2 aromatic rings. The molecule has 3 amide bonds. The van der Waals surface area contributed by atoms with E-state index >= 15 is 0 Å². The first kappa shape index (κ1) is 26.6.